The van der Waals surface area contributed by atoms with Crippen molar-refractivity contribution in [3.05, 3.63) is 36.3 Å². The van der Waals surface area contributed by atoms with Gasteiger partial charge >= 0.3 is 5.97 Å². The normalized spacial score (nSPS) is 11.4. The van der Waals surface area contributed by atoms with Gasteiger partial charge in [-0.2, -0.15) is 0 Å². The molecule has 0 aliphatic rings. The quantitative estimate of drug-likeness (QED) is 0.808. The molecule has 0 aliphatic heterocycles. The Kier molecular flexibility index (Phi) is 3.83. The number of esters is 1. The van der Waals surface area contributed by atoms with Crippen molar-refractivity contribution in [2.45, 2.75) is 32.9 Å². The highest BCUT2D eigenvalue weighted by Crippen LogP contribution is 2.19. The van der Waals surface area contributed by atoms with Crippen LogP contribution in [-0.4, -0.2) is 26.6 Å². The molecule has 0 amide bonds. The third kappa shape index (κ3) is 3.63. The van der Waals surface area contributed by atoms with Gasteiger partial charge in [0.05, 0.1) is 6.20 Å². The van der Waals surface area contributed by atoms with Crippen molar-refractivity contribution in [2.75, 3.05) is 0 Å². The first-order valence-corrected chi connectivity index (χ1v) is 6.22. The van der Waals surface area contributed by atoms with Gasteiger partial charge in [0.15, 0.2) is 0 Å². The molecule has 5 nitrogen and oxygen atoms in total. The van der Waals surface area contributed by atoms with Crippen LogP contribution in [0, 0.1) is 5.82 Å². The van der Waals surface area contributed by atoms with Gasteiger partial charge in [-0.3, -0.25) is 4.79 Å². The highest BCUT2D eigenvalue weighted by molar-refractivity contribution is 5.69. The first kappa shape index (κ1) is 14.2. The fourth-order valence-corrected chi connectivity index (χ4v) is 1.67. The molecule has 106 valence electrons. The van der Waals surface area contributed by atoms with Crippen LogP contribution in [0.2, 0.25) is 0 Å². The maximum atomic E-state index is 13.6. The van der Waals surface area contributed by atoms with E-state index in [1.807, 2.05) is 0 Å². The van der Waals surface area contributed by atoms with E-state index in [-0.39, 0.29) is 12.4 Å². The summed E-state index contributed by atoms with van der Waals surface area (Å²) in [4.78, 5) is 11.7. The van der Waals surface area contributed by atoms with Crippen LogP contribution in [0.4, 0.5) is 4.39 Å². The van der Waals surface area contributed by atoms with Crippen molar-refractivity contribution in [2.24, 2.45) is 0 Å². The summed E-state index contributed by atoms with van der Waals surface area (Å²) in [6.07, 6.45) is 1.52. The lowest BCUT2D eigenvalue weighted by molar-refractivity contribution is -0.155. The molecule has 0 N–H and O–H groups in total. The van der Waals surface area contributed by atoms with E-state index in [2.05, 4.69) is 10.3 Å². The van der Waals surface area contributed by atoms with Crippen molar-refractivity contribution >= 4 is 5.97 Å². The summed E-state index contributed by atoms with van der Waals surface area (Å²) in [6, 6.07) is 6.27. The Hall–Kier alpha value is -2.24. The first-order valence-electron chi connectivity index (χ1n) is 6.22. The molecule has 1 heterocycles. The summed E-state index contributed by atoms with van der Waals surface area (Å²) in [5.74, 6) is -0.792. The molecule has 1 aromatic carbocycles. The summed E-state index contributed by atoms with van der Waals surface area (Å²) >= 11 is 0. The van der Waals surface area contributed by atoms with E-state index >= 15 is 0 Å². The second-order valence-electron chi connectivity index (χ2n) is 5.37. The molecule has 0 radical (unpaired) electrons. The SMILES string of the molecule is CC(C)(C)OC(=O)Cn1cc(-c2ccccc2F)nn1. The first-order chi connectivity index (χ1) is 9.35. The molecule has 0 saturated heterocycles. The van der Waals surface area contributed by atoms with Crippen LogP contribution < -0.4 is 0 Å². The van der Waals surface area contributed by atoms with Crippen molar-refractivity contribution < 1.29 is 13.9 Å². The van der Waals surface area contributed by atoms with E-state index in [4.69, 9.17) is 4.74 Å². The van der Waals surface area contributed by atoms with Crippen molar-refractivity contribution in [3.63, 3.8) is 0 Å². The molecule has 0 aliphatic carbocycles. The van der Waals surface area contributed by atoms with Gasteiger partial charge < -0.3 is 4.74 Å². The van der Waals surface area contributed by atoms with Gasteiger partial charge in [-0.25, -0.2) is 9.07 Å². The van der Waals surface area contributed by atoms with Gasteiger partial charge in [-0.1, -0.05) is 17.3 Å². The molecule has 0 bridgehead atoms. The Morgan fingerprint density at radius 3 is 2.70 bits per heavy atom. The highest BCUT2D eigenvalue weighted by atomic mass is 19.1. The van der Waals surface area contributed by atoms with E-state index in [1.54, 1.807) is 39.0 Å². The fraction of sp³-hybridized carbons (Fsp3) is 0.357. The van der Waals surface area contributed by atoms with Crippen molar-refractivity contribution in [3.8, 4) is 11.3 Å². The third-order valence-corrected chi connectivity index (χ3v) is 2.40. The number of carbonyl (C=O) groups excluding carboxylic acids is 1. The number of hydrogen-bond donors (Lipinski definition) is 0. The van der Waals surface area contributed by atoms with Gasteiger partial charge in [0.1, 0.15) is 23.7 Å². The second kappa shape index (κ2) is 5.40. The molecular weight excluding hydrogens is 261 g/mol. The van der Waals surface area contributed by atoms with Crippen molar-refractivity contribution in [1.29, 1.82) is 0 Å². The van der Waals surface area contributed by atoms with E-state index in [9.17, 15) is 9.18 Å². The Balaban J connectivity index is 2.10. The third-order valence-electron chi connectivity index (χ3n) is 2.40. The van der Waals surface area contributed by atoms with Crippen LogP contribution in [0.15, 0.2) is 30.5 Å². The highest BCUT2D eigenvalue weighted by Gasteiger charge is 2.17. The lowest BCUT2D eigenvalue weighted by atomic mass is 10.1. The number of nitrogens with zero attached hydrogens (tertiary/aromatic N) is 3. The van der Waals surface area contributed by atoms with Gasteiger partial charge in [-0.15, -0.1) is 5.10 Å². The summed E-state index contributed by atoms with van der Waals surface area (Å²) < 4.78 is 20.1. The molecular formula is C14H16FN3O2. The van der Waals surface area contributed by atoms with E-state index in [0.717, 1.165) is 0 Å². The van der Waals surface area contributed by atoms with Crippen LogP contribution >= 0.6 is 0 Å². The lowest BCUT2D eigenvalue weighted by Crippen LogP contribution is -2.26. The molecule has 0 spiro atoms. The molecule has 20 heavy (non-hydrogen) atoms. The number of aromatic nitrogens is 3. The van der Waals surface area contributed by atoms with Crippen LogP contribution in [0.3, 0.4) is 0 Å². The molecule has 0 fully saturated rings. The standard InChI is InChI=1S/C14H16FN3O2/c1-14(2,3)20-13(19)9-18-8-12(16-17-18)10-6-4-5-7-11(10)15/h4-8H,9H2,1-3H3. The number of ether oxygens (including phenoxy) is 1. The van der Waals surface area contributed by atoms with E-state index in [1.165, 1.54) is 16.9 Å². The average molecular weight is 277 g/mol. The number of hydrogen-bond acceptors (Lipinski definition) is 4. The molecule has 0 atom stereocenters. The molecule has 1 aromatic heterocycles. The van der Waals surface area contributed by atoms with E-state index < -0.39 is 11.6 Å². The summed E-state index contributed by atoms with van der Waals surface area (Å²) in [6.45, 7) is 5.31. The van der Waals surface area contributed by atoms with Crippen molar-refractivity contribution in [1.82, 2.24) is 15.0 Å². The zero-order chi connectivity index (χ0) is 14.8. The van der Waals surface area contributed by atoms with Gasteiger partial charge in [0.2, 0.25) is 0 Å². The summed E-state index contributed by atoms with van der Waals surface area (Å²) in [5, 5.41) is 7.66. The minimum Gasteiger partial charge on any atom is -0.459 e. The molecule has 6 heteroatoms. The van der Waals surface area contributed by atoms with Crippen LogP contribution in [0.25, 0.3) is 11.3 Å². The van der Waals surface area contributed by atoms with Gasteiger partial charge in [0.25, 0.3) is 0 Å². The average Bonchev–Trinajstić information content (AvgIpc) is 2.75. The topological polar surface area (TPSA) is 57.0 Å². The minimum absolute atomic E-state index is 0.0568. The zero-order valence-corrected chi connectivity index (χ0v) is 11.6. The predicted molar refractivity (Wildman–Crippen MR) is 71.3 cm³/mol. The minimum atomic E-state index is -0.550. The monoisotopic (exact) mass is 277 g/mol. The van der Waals surface area contributed by atoms with Crippen LogP contribution in [0.1, 0.15) is 20.8 Å². The van der Waals surface area contributed by atoms with E-state index in [0.29, 0.717) is 11.3 Å². The molecule has 2 rings (SSSR count). The zero-order valence-electron chi connectivity index (χ0n) is 11.6. The predicted octanol–water partition coefficient (Wildman–Crippen LogP) is 2.43. The Bertz CT molecular complexity index is 617. The van der Waals surface area contributed by atoms with Gasteiger partial charge in [-0.05, 0) is 32.9 Å². The Morgan fingerprint density at radius 1 is 1.35 bits per heavy atom. The molecule has 0 saturated carbocycles. The largest absolute Gasteiger partial charge is 0.459 e. The van der Waals surface area contributed by atoms with Gasteiger partial charge in [0, 0.05) is 5.56 Å². The fourth-order valence-electron chi connectivity index (χ4n) is 1.67. The maximum Gasteiger partial charge on any atom is 0.328 e. The van der Waals surface area contributed by atoms with Crippen LogP contribution in [0.5, 0.6) is 0 Å². The van der Waals surface area contributed by atoms with Crippen LogP contribution in [-0.2, 0) is 16.1 Å². The summed E-state index contributed by atoms with van der Waals surface area (Å²) in [5.41, 5.74) is 0.182. The second-order valence-corrected chi connectivity index (χ2v) is 5.37. The maximum absolute atomic E-state index is 13.6. The molecule has 2 aromatic rings. The Morgan fingerprint density at radius 2 is 2.05 bits per heavy atom. The summed E-state index contributed by atoms with van der Waals surface area (Å²) in [7, 11) is 0. The number of halogens is 1. The smallest absolute Gasteiger partial charge is 0.328 e. The Labute approximate surface area is 116 Å². The molecule has 0 unspecified atom stereocenters. The lowest BCUT2D eigenvalue weighted by Gasteiger charge is -2.19. The number of carbonyl (C=O) groups is 1. The number of benzene rings is 1. The number of rotatable bonds is 3.